The molecular weight excluding hydrogens is 198 g/mol. The third-order valence-corrected chi connectivity index (χ3v) is 3.03. The molecule has 1 fully saturated rings. The molecule has 0 aromatic heterocycles. The summed E-state index contributed by atoms with van der Waals surface area (Å²) in [5.74, 6) is 0.752. The Hall–Kier alpha value is -1.51. The molecule has 1 heterocycles. The normalized spacial score (nSPS) is 16.4. The van der Waals surface area contributed by atoms with Crippen LogP contribution in [0.4, 0.5) is 11.4 Å². The van der Waals surface area contributed by atoms with Crippen LogP contribution in [-0.2, 0) is 0 Å². The van der Waals surface area contributed by atoms with Crippen molar-refractivity contribution in [1.29, 1.82) is 5.41 Å². The molecule has 0 radical (unpaired) electrons. The van der Waals surface area contributed by atoms with Crippen molar-refractivity contribution in [1.82, 2.24) is 0 Å². The molecule has 1 aliphatic heterocycles. The Morgan fingerprint density at radius 2 is 2.06 bits per heavy atom. The second-order valence-electron chi connectivity index (χ2n) is 4.47. The number of anilines is 2. The number of amidine groups is 1. The summed E-state index contributed by atoms with van der Waals surface area (Å²) in [5.41, 5.74) is 2.34. The summed E-state index contributed by atoms with van der Waals surface area (Å²) in [6, 6.07) is 8.40. The van der Waals surface area contributed by atoms with Gasteiger partial charge in [-0.3, -0.25) is 5.41 Å². The van der Waals surface area contributed by atoms with E-state index in [-0.39, 0.29) is 0 Å². The summed E-state index contributed by atoms with van der Waals surface area (Å²) in [6.45, 7) is 0.982. The van der Waals surface area contributed by atoms with Crippen LogP contribution in [0.1, 0.15) is 19.3 Å². The van der Waals surface area contributed by atoms with Gasteiger partial charge in [-0.25, -0.2) is 0 Å². The highest BCUT2D eigenvalue weighted by Crippen LogP contribution is 2.24. The molecule has 16 heavy (non-hydrogen) atoms. The minimum atomic E-state index is 0.752. The van der Waals surface area contributed by atoms with Gasteiger partial charge < -0.3 is 9.80 Å². The van der Waals surface area contributed by atoms with Gasteiger partial charge in [-0.15, -0.1) is 0 Å². The molecule has 0 atom stereocenters. The highest BCUT2D eigenvalue weighted by molar-refractivity contribution is 5.96. The number of rotatable bonds is 2. The molecule has 1 aliphatic rings. The molecule has 3 heteroatoms. The zero-order valence-electron chi connectivity index (χ0n) is 10.0. The maximum absolute atomic E-state index is 7.97. The summed E-state index contributed by atoms with van der Waals surface area (Å²) in [7, 11) is 4.08. The summed E-state index contributed by atoms with van der Waals surface area (Å²) in [5, 5.41) is 7.97. The maximum Gasteiger partial charge on any atom is 0.100 e. The highest BCUT2D eigenvalue weighted by atomic mass is 15.2. The topological polar surface area (TPSA) is 30.3 Å². The lowest BCUT2D eigenvalue weighted by atomic mass is 10.1. The zero-order chi connectivity index (χ0) is 11.5. The number of nitrogens with zero attached hydrogens (tertiary/aromatic N) is 2. The number of hydrogen-bond donors (Lipinski definition) is 1. The molecule has 0 saturated carbocycles. The van der Waals surface area contributed by atoms with Gasteiger partial charge in [-0.1, -0.05) is 6.07 Å². The molecule has 86 valence electrons. The predicted molar refractivity (Wildman–Crippen MR) is 69.7 cm³/mol. The first-order valence-corrected chi connectivity index (χ1v) is 5.81. The number of hydrogen-bond acceptors (Lipinski definition) is 2. The lowest BCUT2D eigenvalue weighted by Gasteiger charge is -2.30. The van der Waals surface area contributed by atoms with Gasteiger partial charge in [0.25, 0.3) is 0 Å². The van der Waals surface area contributed by atoms with Crippen molar-refractivity contribution in [2.24, 2.45) is 0 Å². The van der Waals surface area contributed by atoms with E-state index in [2.05, 4.69) is 34.1 Å². The fourth-order valence-electron chi connectivity index (χ4n) is 2.06. The van der Waals surface area contributed by atoms with Gasteiger partial charge in [0.05, 0.1) is 0 Å². The van der Waals surface area contributed by atoms with Gasteiger partial charge in [0.2, 0.25) is 0 Å². The Kier molecular flexibility index (Phi) is 3.13. The van der Waals surface area contributed by atoms with Crippen molar-refractivity contribution in [3.05, 3.63) is 24.3 Å². The van der Waals surface area contributed by atoms with E-state index in [1.807, 2.05) is 14.1 Å². The Balaban J connectivity index is 2.25. The zero-order valence-corrected chi connectivity index (χ0v) is 10.0. The fourth-order valence-corrected chi connectivity index (χ4v) is 2.06. The Labute approximate surface area is 97.2 Å². The van der Waals surface area contributed by atoms with Gasteiger partial charge in [0.1, 0.15) is 5.84 Å². The average Bonchev–Trinajstić information content (AvgIpc) is 2.30. The minimum Gasteiger partial charge on any atom is -0.378 e. The number of nitrogens with one attached hydrogen (secondary N) is 1. The van der Waals surface area contributed by atoms with Crippen LogP contribution in [0.15, 0.2) is 24.3 Å². The van der Waals surface area contributed by atoms with Gasteiger partial charge in [-0.05, 0) is 31.0 Å². The fraction of sp³-hybridized carbons (Fsp3) is 0.462. The minimum absolute atomic E-state index is 0.752. The van der Waals surface area contributed by atoms with Crippen LogP contribution in [0.3, 0.4) is 0 Å². The monoisotopic (exact) mass is 217 g/mol. The van der Waals surface area contributed by atoms with Crippen LogP contribution < -0.4 is 9.80 Å². The molecule has 0 aliphatic carbocycles. The molecule has 0 bridgehead atoms. The second kappa shape index (κ2) is 4.56. The number of piperidine rings is 1. The van der Waals surface area contributed by atoms with Gasteiger partial charge in [-0.2, -0.15) is 0 Å². The van der Waals surface area contributed by atoms with E-state index in [1.165, 1.54) is 12.1 Å². The van der Waals surface area contributed by atoms with Crippen molar-refractivity contribution in [2.45, 2.75) is 19.3 Å². The molecule has 0 amide bonds. The standard InChI is InChI=1S/C13H19N3/c1-15(2)11-6-5-7-12(10-11)16-9-4-3-8-13(16)14/h5-7,10,14H,3-4,8-9H2,1-2H3. The first-order chi connectivity index (χ1) is 7.68. The first-order valence-electron chi connectivity index (χ1n) is 5.81. The lowest BCUT2D eigenvalue weighted by Crippen LogP contribution is -2.34. The molecule has 2 rings (SSSR count). The van der Waals surface area contributed by atoms with Crippen LogP contribution in [0.5, 0.6) is 0 Å². The summed E-state index contributed by atoms with van der Waals surface area (Å²) >= 11 is 0. The van der Waals surface area contributed by atoms with Crippen LogP contribution in [0, 0.1) is 5.41 Å². The van der Waals surface area contributed by atoms with E-state index in [1.54, 1.807) is 0 Å². The van der Waals surface area contributed by atoms with Gasteiger partial charge >= 0.3 is 0 Å². The van der Waals surface area contributed by atoms with E-state index in [0.29, 0.717) is 0 Å². The van der Waals surface area contributed by atoms with Crippen LogP contribution in [-0.4, -0.2) is 26.5 Å². The lowest BCUT2D eigenvalue weighted by molar-refractivity contribution is 0.707. The Morgan fingerprint density at radius 1 is 1.25 bits per heavy atom. The smallest absolute Gasteiger partial charge is 0.100 e. The van der Waals surface area contributed by atoms with Crippen molar-refractivity contribution in [3.8, 4) is 0 Å². The molecule has 1 N–H and O–H groups in total. The molecular formula is C13H19N3. The van der Waals surface area contributed by atoms with E-state index >= 15 is 0 Å². The molecule has 1 aromatic carbocycles. The third-order valence-electron chi connectivity index (χ3n) is 3.03. The molecule has 1 saturated heterocycles. The molecule has 3 nitrogen and oxygen atoms in total. The maximum atomic E-state index is 7.97. The van der Waals surface area contributed by atoms with Crippen molar-refractivity contribution < 1.29 is 0 Å². The van der Waals surface area contributed by atoms with E-state index < -0.39 is 0 Å². The predicted octanol–water partition coefficient (Wildman–Crippen LogP) is 2.72. The third kappa shape index (κ3) is 2.18. The van der Waals surface area contributed by atoms with Crippen LogP contribution >= 0.6 is 0 Å². The molecule has 0 unspecified atom stereocenters. The Morgan fingerprint density at radius 3 is 2.75 bits per heavy atom. The van der Waals surface area contributed by atoms with Crippen LogP contribution in [0.25, 0.3) is 0 Å². The quantitative estimate of drug-likeness (QED) is 0.825. The van der Waals surface area contributed by atoms with E-state index in [9.17, 15) is 0 Å². The second-order valence-corrected chi connectivity index (χ2v) is 4.47. The largest absolute Gasteiger partial charge is 0.378 e. The van der Waals surface area contributed by atoms with Gasteiger partial charge in [0, 0.05) is 38.4 Å². The van der Waals surface area contributed by atoms with E-state index in [0.717, 1.165) is 30.9 Å². The average molecular weight is 217 g/mol. The highest BCUT2D eigenvalue weighted by Gasteiger charge is 2.16. The molecule has 1 aromatic rings. The first kappa shape index (κ1) is 11.0. The molecule has 0 spiro atoms. The van der Waals surface area contributed by atoms with Crippen molar-refractivity contribution in [3.63, 3.8) is 0 Å². The van der Waals surface area contributed by atoms with Crippen LogP contribution in [0.2, 0.25) is 0 Å². The van der Waals surface area contributed by atoms with Crippen molar-refractivity contribution in [2.75, 3.05) is 30.4 Å². The van der Waals surface area contributed by atoms with Crippen molar-refractivity contribution >= 4 is 17.2 Å². The summed E-state index contributed by atoms with van der Waals surface area (Å²) in [4.78, 5) is 4.22. The Bertz CT molecular complexity index is 385. The number of benzene rings is 1. The summed E-state index contributed by atoms with van der Waals surface area (Å²) in [6.07, 6.45) is 3.25. The summed E-state index contributed by atoms with van der Waals surface area (Å²) < 4.78 is 0. The van der Waals surface area contributed by atoms with E-state index in [4.69, 9.17) is 5.41 Å². The SMILES string of the molecule is CN(C)c1cccc(N2CCCCC2=N)c1. The van der Waals surface area contributed by atoms with Gasteiger partial charge in [0.15, 0.2) is 0 Å².